The van der Waals surface area contributed by atoms with Crippen molar-refractivity contribution >= 4 is 5.97 Å². The minimum absolute atomic E-state index is 0.210. The molecule has 0 saturated carbocycles. The van der Waals surface area contributed by atoms with Crippen LogP contribution in [0.25, 0.3) is 0 Å². The fraction of sp³-hybridized carbons (Fsp3) is 0.476. The van der Waals surface area contributed by atoms with E-state index in [9.17, 15) is 4.79 Å². The number of terminal acetylenes is 1. The first-order valence-electron chi connectivity index (χ1n) is 8.22. The van der Waals surface area contributed by atoms with Crippen LogP contribution in [-0.4, -0.2) is 17.9 Å². The van der Waals surface area contributed by atoms with Gasteiger partial charge in [0.05, 0.1) is 6.42 Å². The summed E-state index contributed by atoms with van der Waals surface area (Å²) in [6, 6.07) is 9.24. The number of benzene rings is 1. The van der Waals surface area contributed by atoms with Gasteiger partial charge in [0.15, 0.2) is 6.79 Å². The molecule has 1 aromatic rings. The Labute approximate surface area is 149 Å². The highest BCUT2D eigenvalue weighted by atomic mass is 16.6. The standard InChI is InChI=1S/C9H10O3.C4H10.C4H8.C2H6.C2H2/c10-7-12-9(11)6-8-4-2-1-3-5-8;1-4(2)3;1-3-4-2;2*1-2/h1-5,10H,6-7H2;4H,1-3H3;3H,1,4H2,2H3;1-2H3;1-2H. The Morgan fingerprint density at radius 2 is 1.58 bits per heavy atom. The van der Waals surface area contributed by atoms with Crippen LogP contribution in [0.5, 0.6) is 0 Å². The first-order chi connectivity index (χ1) is 11.5. The van der Waals surface area contributed by atoms with Crippen LogP contribution in [0.3, 0.4) is 0 Å². The molecule has 1 aromatic carbocycles. The predicted molar refractivity (Wildman–Crippen MR) is 106 cm³/mol. The van der Waals surface area contributed by atoms with Gasteiger partial charge >= 0.3 is 5.97 Å². The van der Waals surface area contributed by atoms with E-state index in [1.807, 2.05) is 50.3 Å². The van der Waals surface area contributed by atoms with E-state index in [1.54, 1.807) is 0 Å². The fourth-order valence-electron chi connectivity index (χ4n) is 0.886. The third-order valence-corrected chi connectivity index (χ3v) is 1.71. The summed E-state index contributed by atoms with van der Waals surface area (Å²) < 4.78 is 4.36. The van der Waals surface area contributed by atoms with Gasteiger partial charge < -0.3 is 9.84 Å². The lowest BCUT2D eigenvalue weighted by Gasteiger charge is -1.99. The average Bonchev–Trinajstić information content (AvgIpc) is 2.59. The maximum Gasteiger partial charge on any atom is 0.312 e. The number of carbonyl (C=O) groups excluding carboxylic acids is 1. The van der Waals surface area contributed by atoms with Crippen LogP contribution < -0.4 is 0 Å². The Morgan fingerprint density at radius 3 is 1.88 bits per heavy atom. The second-order valence-electron chi connectivity index (χ2n) is 4.74. The van der Waals surface area contributed by atoms with Gasteiger partial charge in [0.1, 0.15) is 0 Å². The molecule has 0 radical (unpaired) electrons. The normalized spacial score (nSPS) is 7.58. The molecule has 0 fully saturated rings. The molecule has 0 aliphatic carbocycles. The summed E-state index contributed by atoms with van der Waals surface area (Å²) in [5.41, 5.74) is 0.885. The molecular weight excluding hydrogens is 300 g/mol. The van der Waals surface area contributed by atoms with Gasteiger partial charge in [-0.3, -0.25) is 4.79 Å². The van der Waals surface area contributed by atoms with Crippen LogP contribution in [0.4, 0.5) is 0 Å². The van der Waals surface area contributed by atoms with Crippen LogP contribution >= 0.6 is 0 Å². The molecule has 3 heteroatoms. The Morgan fingerprint density at radius 1 is 1.21 bits per heavy atom. The Bertz CT molecular complexity index is 364. The summed E-state index contributed by atoms with van der Waals surface area (Å²) in [5.74, 6) is 0.420. The Kier molecular flexibility index (Phi) is 36.2. The SMILES string of the molecule is C#C.C=CCC.CC.CC(C)C.O=C(Cc1ccccc1)OCO. The van der Waals surface area contributed by atoms with Gasteiger partial charge in [0.2, 0.25) is 0 Å². The number of hydrogen-bond acceptors (Lipinski definition) is 3. The molecule has 0 saturated heterocycles. The number of aliphatic hydroxyl groups excluding tert-OH is 1. The topological polar surface area (TPSA) is 46.5 Å². The summed E-state index contributed by atoms with van der Waals surface area (Å²) >= 11 is 0. The zero-order valence-corrected chi connectivity index (χ0v) is 16.3. The van der Waals surface area contributed by atoms with Crippen LogP contribution in [0.2, 0.25) is 0 Å². The van der Waals surface area contributed by atoms with Crippen molar-refractivity contribution < 1.29 is 14.6 Å². The predicted octanol–water partition coefficient (Wildman–Crippen LogP) is 5.24. The molecule has 0 unspecified atom stereocenters. The van der Waals surface area contributed by atoms with Crippen LogP contribution in [0.1, 0.15) is 53.5 Å². The number of ether oxygens (including phenoxy) is 1. The van der Waals surface area contributed by atoms with E-state index in [0.717, 1.165) is 17.9 Å². The highest BCUT2D eigenvalue weighted by Gasteiger charge is 2.01. The van der Waals surface area contributed by atoms with E-state index in [-0.39, 0.29) is 6.42 Å². The molecule has 0 atom stereocenters. The van der Waals surface area contributed by atoms with Crippen molar-refractivity contribution in [2.45, 2.75) is 54.4 Å². The molecule has 0 bridgehead atoms. The zero-order chi connectivity index (χ0) is 19.8. The van der Waals surface area contributed by atoms with E-state index < -0.39 is 12.8 Å². The van der Waals surface area contributed by atoms with Crippen molar-refractivity contribution in [3.8, 4) is 12.8 Å². The van der Waals surface area contributed by atoms with E-state index >= 15 is 0 Å². The third kappa shape index (κ3) is 36.8. The van der Waals surface area contributed by atoms with Gasteiger partial charge in [-0.25, -0.2) is 0 Å². The van der Waals surface area contributed by atoms with Crippen molar-refractivity contribution in [3.05, 3.63) is 48.6 Å². The summed E-state index contributed by atoms with van der Waals surface area (Å²) in [6.07, 6.45) is 11.2. The van der Waals surface area contributed by atoms with Crippen molar-refractivity contribution in [1.29, 1.82) is 0 Å². The number of allylic oxidation sites excluding steroid dienone is 1. The average molecular weight is 337 g/mol. The lowest BCUT2D eigenvalue weighted by molar-refractivity contribution is -0.150. The molecule has 0 aromatic heterocycles. The Hall–Kier alpha value is -2.05. The highest BCUT2D eigenvalue weighted by molar-refractivity contribution is 5.72. The number of esters is 1. The molecule has 1 rings (SSSR count). The van der Waals surface area contributed by atoms with Gasteiger partial charge in [-0.15, -0.1) is 19.4 Å². The molecule has 0 aliphatic rings. The van der Waals surface area contributed by atoms with Crippen molar-refractivity contribution in [2.24, 2.45) is 5.92 Å². The second kappa shape index (κ2) is 29.0. The second-order valence-corrected chi connectivity index (χ2v) is 4.74. The lowest BCUT2D eigenvalue weighted by atomic mass is 10.2. The maximum absolute atomic E-state index is 10.8. The molecule has 0 aliphatic heterocycles. The fourth-order valence-corrected chi connectivity index (χ4v) is 0.886. The molecule has 138 valence electrons. The summed E-state index contributed by atoms with van der Waals surface area (Å²) in [4.78, 5) is 10.8. The summed E-state index contributed by atoms with van der Waals surface area (Å²) in [5, 5.41) is 8.27. The minimum Gasteiger partial charge on any atom is -0.438 e. The van der Waals surface area contributed by atoms with E-state index in [1.165, 1.54) is 0 Å². The molecular formula is C21H36O3. The van der Waals surface area contributed by atoms with E-state index in [0.29, 0.717) is 0 Å². The van der Waals surface area contributed by atoms with Gasteiger partial charge in [-0.1, -0.05) is 78.0 Å². The van der Waals surface area contributed by atoms with Crippen LogP contribution in [0, 0.1) is 18.8 Å². The monoisotopic (exact) mass is 336 g/mol. The zero-order valence-electron chi connectivity index (χ0n) is 16.3. The molecule has 24 heavy (non-hydrogen) atoms. The van der Waals surface area contributed by atoms with E-state index in [4.69, 9.17) is 5.11 Å². The quantitative estimate of drug-likeness (QED) is 0.354. The highest BCUT2D eigenvalue weighted by Crippen LogP contribution is 2.00. The molecule has 0 amide bonds. The summed E-state index contributed by atoms with van der Waals surface area (Å²) in [6.45, 7) is 15.5. The minimum atomic E-state index is -0.550. The first kappa shape index (κ1) is 29.9. The molecule has 0 spiro atoms. The molecule has 3 nitrogen and oxygen atoms in total. The summed E-state index contributed by atoms with van der Waals surface area (Å²) in [7, 11) is 0. The van der Waals surface area contributed by atoms with Gasteiger partial charge in [-0.2, -0.15) is 0 Å². The maximum atomic E-state index is 10.8. The number of aliphatic hydroxyl groups is 1. The van der Waals surface area contributed by atoms with Crippen molar-refractivity contribution in [3.63, 3.8) is 0 Å². The van der Waals surface area contributed by atoms with Crippen molar-refractivity contribution in [1.82, 2.24) is 0 Å². The number of carbonyl (C=O) groups is 1. The Balaban J connectivity index is -0.000000139. The molecule has 0 heterocycles. The molecule has 1 N–H and O–H groups in total. The van der Waals surface area contributed by atoms with Crippen molar-refractivity contribution in [2.75, 3.05) is 6.79 Å². The third-order valence-electron chi connectivity index (χ3n) is 1.71. The van der Waals surface area contributed by atoms with Gasteiger partial charge in [-0.05, 0) is 17.9 Å². The van der Waals surface area contributed by atoms with Crippen LogP contribution in [-0.2, 0) is 16.0 Å². The van der Waals surface area contributed by atoms with Gasteiger partial charge in [0, 0.05) is 0 Å². The first-order valence-corrected chi connectivity index (χ1v) is 8.22. The largest absolute Gasteiger partial charge is 0.438 e. The lowest BCUT2D eigenvalue weighted by Crippen LogP contribution is -2.08. The van der Waals surface area contributed by atoms with Crippen LogP contribution in [0.15, 0.2) is 43.0 Å². The smallest absolute Gasteiger partial charge is 0.312 e. The van der Waals surface area contributed by atoms with Gasteiger partial charge in [0.25, 0.3) is 0 Å². The number of hydrogen-bond donors (Lipinski definition) is 1. The van der Waals surface area contributed by atoms with E-state index in [2.05, 4.69) is 51.9 Å². The number of rotatable bonds is 4.